The van der Waals surface area contributed by atoms with Gasteiger partial charge in [-0.1, -0.05) is 23.2 Å². The number of furan rings is 1. The van der Waals surface area contributed by atoms with Gasteiger partial charge in [0, 0.05) is 5.56 Å². The summed E-state index contributed by atoms with van der Waals surface area (Å²) < 4.78 is 10.6. The molecule has 1 aromatic heterocycles. The number of carbonyl (C=O) groups is 1. The van der Waals surface area contributed by atoms with Gasteiger partial charge in [0.25, 0.3) is 11.6 Å². The number of benzene rings is 2. The van der Waals surface area contributed by atoms with Crippen LogP contribution in [0.15, 0.2) is 58.0 Å². The van der Waals surface area contributed by atoms with Gasteiger partial charge in [0.1, 0.15) is 17.3 Å². The summed E-state index contributed by atoms with van der Waals surface area (Å²) in [5.74, 6) is 0.437. The van der Waals surface area contributed by atoms with Crippen LogP contribution < -0.4 is 10.2 Å². The fourth-order valence-corrected chi connectivity index (χ4v) is 2.72. The van der Waals surface area contributed by atoms with Crippen LogP contribution in [0.25, 0.3) is 11.3 Å². The van der Waals surface area contributed by atoms with Gasteiger partial charge in [-0.2, -0.15) is 5.10 Å². The smallest absolute Gasteiger partial charge is 0.284 e. The topological polar surface area (TPSA) is 107 Å². The quantitative estimate of drug-likeness (QED) is 0.336. The number of hydrogen-bond acceptors (Lipinski definition) is 6. The Morgan fingerprint density at radius 1 is 1.17 bits per heavy atom. The van der Waals surface area contributed by atoms with Crippen LogP contribution in [0, 0.1) is 10.1 Å². The van der Waals surface area contributed by atoms with Crippen LogP contribution in [0.4, 0.5) is 5.69 Å². The van der Waals surface area contributed by atoms with Crippen molar-refractivity contribution in [2.75, 3.05) is 7.11 Å². The lowest BCUT2D eigenvalue weighted by molar-refractivity contribution is -0.384. The molecule has 29 heavy (non-hydrogen) atoms. The lowest BCUT2D eigenvalue weighted by atomic mass is 10.1. The third-order valence-corrected chi connectivity index (χ3v) is 4.57. The third kappa shape index (κ3) is 4.74. The number of rotatable bonds is 6. The van der Waals surface area contributed by atoms with Crippen molar-refractivity contribution in [1.29, 1.82) is 0 Å². The first-order chi connectivity index (χ1) is 13.9. The maximum atomic E-state index is 12.1. The van der Waals surface area contributed by atoms with E-state index in [0.29, 0.717) is 16.5 Å². The van der Waals surface area contributed by atoms with E-state index in [9.17, 15) is 14.9 Å². The van der Waals surface area contributed by atoms with Gasteiger partial charge in [-0.05, 0) is 42.5 Å². The molecule has 0 spiro atoms. The second kappa shape index (κ2) is 8.76. The molecule has 0 aliphatic carbocycles. The van der Waals surface area contributed by atoms with Crippen molar-refractivity contribution in [3.05, 3.63) is 80.0 Å². The fourth-order valence-electron chi connectivity index (χ4n) is 2.42. The van der Waals surface area contributed by atoms with E-state index in [1.54, 1.807) is 18.2 Å². The summed E-state index contributed by atoms with van der Waals surface area (Å²) in [6.07, 6.45) is 1.27. The minimum atomic E-state index is -0.522. The van der Waals surface area contributed by atoms with E-state index in [4.69, 9.17) is 32.4 Å². The third-order valence-electron chi connectivity index (χ3n) is 3.83. The molecule has 0 aliphatic heterocycles. The number of halogens is 2. The lowest BCUT2D eigenvalue weighted by Crippen LogP contribution is -2.17. The van der Waals surface area contributed by atoms with Crippen molar-refractivity contribution in [1.82, 2.24) is 5.43 Å². The summed E-state index contributed by atoms with van der Waals surface area (Å²) in [5.41, 5.74) is 2.74. The van der Waals surface area contributed by atoms with E-state index in [1.807, 2.05) is 0 Å². The Labute approximate surface area is 174 Å². The van der Waals surface area contributed by atoms with Crippen LogP contribution in [0.5, 0.6) is 5.75 Å². The molecular weight excluding hydrogens is 421 g/mol. The maximum absolute atomic E-state index is 12.1. The minimum Gasteiger partial charge on any atom is -0.497 e. The number of nitrogens with zero attached hydrogens (tertiary/aromatic N) is 2. The van der Waals surface area contributed by atoms with E-state index >= 15 is 0 Å². The minimum absolute atomic E-state index is 0.157. The van der Waals surface area contributed by atoms with Crippen LogP contribution in [0.1, 0.15) is 16.1 Å². The number of carbonyl (C=O) groups excluding carboxylic acids is 1. The maximum Gasteiger partial charge on any atom is 0.284 e. The van der Waals surface area contributed by atoms with Crippen LogP contribution >= 0.6 is 23.2 Å². The van der Waals surface area contributed by atoms with E-state index < -0.39 is 10.8 Å². The molecule has 1 heterocycles. The van der Waals surface area contributed by atoms with Gasteiger partial charge in [0.2, 0.25) is 0 Å². The highest BCUT2D eigenvalue weighted by Crippen LogP contribution is 2.33. The van der Waals surface area contributed by atoms with Gasteiger partial charge in [-0.25, -0.2) is 5.43 Å². The normalized spacial score (nSPS) is 10.9. The van der Waals surface area contributed by atoms with E-state index in [-0.39, 0.29) is 27.6 Å². The number of hydrazone groups is 1. The second-order valence-electron chi connectivity index (χ2n) is 5.67. The van der Waals surface area contributed by atoms with E-state index in [0.717, 1.165) is 0 Å². The van der Waals surface area contributed by atoms with Crippen molar-refractivity contribution in [2.45, 2.75) is 0 Å². The molecule has 0 bridgehead atoms. The predicted octanol–water partition coefficient (Wildman–Crippen LogP) is 4.93. The van der Waals surface area contributed by atoms with Gasteiger partial charge < -0.3 is 9.15 Å². The number of hydrogen-bond donors (Lipinski definition) is 1. The molecule has 0 atom stereocenters. The van der Waals surface area contributed by atoms with Crippen molar-refractivity contribution in [3.63, 3.8) is 0 Å². The van der Waals surface area contributed by atoms with Gasteiger partial charge in [-0.15, -0.1) is 0 Å². The summed E-state index contributed by atoms with van der Waals surface area (Å²) in [6.45, 7) is 0. The van der Waals surface area contributed by atoms with E-state index in [2.05, 4.69) is 10.5 Å². The Morgan fingerprint density at radius 3 is 2.66 bits per heavy atom. The molecule has 10 heteroatoms. The average molecular weight is 434 g/mol. The van der Waals surface area contributed by atoms with Gasteiger partial charge in [0.05, 0.1) is 39.9 Å². The largest absolute Gasteiger partial charge is 0.497 e. The number of nitrogens with one attached hydrogen (secondary N) is 1. The molecule has 0 radical (unpaired) electrons. The Bertz CT molecular complexity index is 1110. The molecule has 0 unspecified atom stereocenters. The van der Waals surface area contributed by atoms with Crippen LogP contribution in [-0.4, -0.2) is 24.2 Å². The Morgan fingerprint density at radius 2 is 1.97 bits per heavy atom. The van der Waals surface area contributed by atoms with Crippen LogP contribution in [0.2, 0.25) is 10.0 Å². The SMILES string of the molecule is COc1ccc(-c2ccc(/C=N/NC(=O)c3ccc(Cl)c(Cl)c3)o2)c([N+](=O)[O-])c1. The zero-order valence-corrected chi connectivity index (χ0v) is 16.4. The van der Waals surface area contributed by atoms with Crippen LogP contribution in [0.3, 0.4) is 0 Å². The number of nitro groups is 1. The predicted molar refractivity (Wildman–Crippen MR) is 109 cm³/mol. The first kappa shape index (κ1) is 20.4. The molecule has 0 saturated carbocycles. The molecule has 1 N–H and O–H groups in total. The zero-order valence-electron chi connectivity index (χ0n) is 14.9. The van der Waals surface area contributed by atoms with Crippen molar-refractivity contribution in [3.8, 4) is 17.1 Å². The zero-order chi connectivity index (χ0) is 21.0. The Hall–Kier alpha value is -3.36. The van der Waals surface area contributed by atoms with Crippen molar-refractivity contribution < 1.29 is 18.9 Å². The molecule has 8 nitrogen and oxygen atoms in total. The molecule has 0 fully saturated rings. The number of nitro benzene ring substituents is 1. The van der Waals surface area contributed by atoms with Gasteiger partial charge in [-0.3, -0.25) is 14.9 Å². The molecule has 1 amide bonds. The average Bonchev–Trinajstić information content (AvgIpc) is 3.18. The molecule has 3 rings (SSSR count). The summed E-state index contributed by atoms with van der Waals surface area (Å²) >= 11 is 11.7. The highest BCUT2D eigenvalue weighted by molar-refractivity contribution is 6.42. The standard InChI is InChI=1S/C19H13Cl2N3O5/c1-28-12-3-5-14(17(9-12)24(26)27)18-7-4-13(29-18)10-22-23-19(25)11-2-6-15(20)16(21)8-11/h2-10H,1H3,(H,23,25)/b22-10+. The molecule has 2 aromatic carbocycles. The highest BCUT2D eigenvalue weighted by atomic mass is 35.5. The molecule has 148 valence electrons. The lowest BCUT2D eigenvalue weighted by Gasteiger charge is -2.03. The molecular formula is C19H13Cl2N3O5. The van der Waals surface area contributed by atoms with Crippen molar-refractivity contribution in [2.24, 2.45) is 5.10 Å². The fraction of sp³-hybridized carbons (Fsp3) is 0.0526. The monoisotopic (exact) mass is 433 g/mol. The van der Waals surface area contributed by atoms with Gasteiger partial charge >= 0.3 is 0 Å². The summed E-state index contributed by atoms with van der Waals surface area (Å²) in [5, 5.41) is 15.7. The highest BCUT2D eigenvalue weighted by Gasteiger charge is 2.19. The second-order valence-corrected chi connectivity index (χ2v) is 6.48. The van der Waals surface area contributed by atoms with E-state index in [1.165, 1.54) is 43.7 Å². The molecule has 3 aromatic rings. The number of ether oxygens (including phenoxy) is 1. The first-order valence-corrected chi connectivity index (χ1v) is 8.85. The summed E-state index contributed by atoms with van der Waals surface area (Å²) in [7, 11) is 1.42. The summed E-state index contributed by atoms with van der Waals surface area (Å²) in [6, 6.07) is 12.0. The Balaban J connectivity index is 1.74. The van der Waals surface area contributed by atoms with Crippen LogP contribution in [-0.2, 0) is 0 Å². The Kier molecular flexibility index (Phi) is 6.16. The number of amides is 1. The molecule has 0 aliphatic rings. The number of methoxy groups -OCH3 is 1. The summed E-state index contributed by atoms with van der Waals surface area (Å²) in [4.78, 5) is 22.9. The van der Waals surface area contributed by atoms with Crippen molar-refractivity contribution >= 4 is 41.0 Å². The molecule has 0 saturated heterocycles. The van der Waals surface area contributed by atoms with Gasteiger partial charge in [0.15, 0.2) is 0 Å². The first-order valence-electron chi connectivity index (χ1n) is 8.10.